The van der Waals surface area contributed by atoms with Crippen LogP contribution < -0.4 is 0 Å². The summed E-state index contributed by atoms with van der Waals surface area (Å²) in [6.07, 6.45) is 1.08. The van der Waals surface area contributed by atoms with Crippen molar-refractivity contribution < 1.29 is 9.72 Å². The number of carbonyl (C=O) groups is 1. The summed E-state index contributed by atoms with van der Waals surface area (Å²) < 4.78 is 0. The number of nitro groups is 1. The van der Waals surface area contributed by atoms with Crippen molar-refractivity contribution in [2.75, 3.05) is 0 Å². The molecule has 0 amide bonds. The second kappa shape index (κ2) is 3.95. The summed E-state index contributed by atoms with van der Waals surface area (Å²) in [6.45, 7) is 0. The fraction of sp³-hybridized carbons (Fsp3) is 0.143. The number of nitrogens with zero attached hydrogens (tertiary/aromatic N) is 2. The third kappa shape index (κ3) is 2.79. The molecule has 0 atom stereocenters. The van der Waals surface area contributed by atoms with Crippen molar-refractivity contribution in [2.45, 2.75) is 6.42 Å². The van der Waals surface area contributed by atoms with E-state index >= 15 is 0 Å². The van der Waals surface area contributed by atoms with Crippen molar-refractivity contribution in [3.8, 4) is 0 Å². The Morgan fingerprint density at radius 3 is 2.69 bits per heavy atom. The Morgan fingerprint density at radius 2 is 2.31 bits per heavy atom. The first-order chi connectivity index (χ1) is 6.09. The van der Waals surface area contributed by atoms with Gasteiger partial charge in [0, 0.05) is 11.8 Å². The molecule has 68 valence electrons. The molecule has 0 aliphatic carbocycles. The molecule has 1 aromatic rings. The molecular formula is C7H5ClN2O3. The zero-order valence-corrected chi connectivity index (χ0v) is 7.19. The Hall–Kier alpha value is -1.49. The predicted octanol–water partition coefficient (Wildman–Crippen LogP) is 1.30. The van der Waals surface area contributed by atoms with Crippen molar-refractivity contribution in [2.24, 2.45) is 0 Å². The molecule has 0 saturated carbocycles. The van der Waals surface area contributed by atoms with Gasteiger partial charge in [-0.3, -0.25) is 19.9 Å². The molecule has 0 fully saturated rings. The standard InChI is InChI=1S/C7H5ClN2O3/c8-7(11)3-5-1-2-6(4-9-5)10(12)13/h1-2,4H,3H2. The van der Waals surface area contributed by atoms with Crippen LogP contribution in [0.2, 0.25) is 0 Å². The molecule has 1 heterocycles. The van der Waals surface area contributed by atoms with Crippen LogP contribution in [0.15, 0.2) is 18.3 Å². The molecule has 0 saturated heterocycles. The smallest absolute Gasteiger partial charge is 0.281 e. The van der Waals surface area contributed by atoms with Crippen molar-refractivity contribution >= 4 is 22.5 Å². The lowest BCUT2D eigenvalue weighted by molar-refractivity contribution is -0.385. The van der Waals surface area contributed by atoms with Crippen LogP contribution in [0.25, 0.3) is 0 Å². The van der Waals surface area contributed by atoms with E-state index in [1.54, 1.807) is 0 Å². The van der Waals surface area contributed by atoms with Crippen molar-refractivity contribution in [3.05, 3.63) is 34.1 Å². The number of aromatic nitrogens is 1. The quantitative estimate of drug-likeness (QED) is 0.419. The zero-order valence-electron chi connectivity index (χ0n) is 6.44. The van der Waals surface area contributed by atoms with E-state index in [0.29, 0.717) is 5.69 Å². The summed E-state index contributed by atoms with van der Waals surface area (Å²) in [7, 11) is 0. The lowest BCUT2D eigenvalue weighted by Gasteiger charge is -1.94. The van der Waals surface area contributed by atoms with Crippen molar-refractivity contribution in [1.29, 1.82) is 0 Å². The highest BCUT2D eigenvalue weighted by molar-refractivity contribution is 6.63. The molecule has 0 aromatic carbocycles. The Morgan fingerprint density at radius 1 is 1.62 bits per heavy atom. The Labute approximate surface area is 78.5 Å². The first-order valence-corrected chi connectivity index (χ1v) is 3.75. The van der Waals surface area contributed by atoms with Crippen LogP contribution in [0, 0.1) is 10.1 Å². The van der Waals surface area contributed by atoms with Gasteiger partial charge in [-0.15, -0.1) is 0 Å². The second-order valence-corrected chi connectivity index (χ2v) is 2.72. The average Bonchev–Trinajstić information content (AvgIpc) is 2.04. The van der Waals surface area contributed by atoms with E-state index in [1.165, 1.54) is 12.1 Å². The van der Waals surface area contributed by atoms with E-state index < -0.39 is 10.2 Å². The number of rotatable bonds is 3. The lowest BCUT2D eigenvalue weighted by atomic mass is 10.3. The maximum atomic E-state index is 10.4. The summed E-state index contributed by atoms with van der Waals surface area (Å²) in [5.41, 5.74) is 0.316. The first-order valence-electron chi connectivity index (χ1n) is 3.37. The summed E-state index contributed by atoms with van der Waals surface area (Å²) in [5, 5.41) is 9.67. The van der Waals surface area contributed by atoms with Crippen molar-refractivity contribution in [3.63, 3.8) is 0 Å². The van der Waals surface area contributed by atoms with E-state index in [-0.39, 0.29) is 12.1 Å². The second-order valence-electron chi connectivity index (χ2n) is 2.30. The maximum Gasteiger partial charge on any atom is 0.287 e. The molecular weight excluding hydrogens is 196 g/mol. The molecule has 0 aliphatic rings. The van der Waals surface area contributed by atoms with Gasteiger partial charge >= 0.3 is 0 Å². The first kappa shape index (κ1) is 9.60. The minimum Gasteiger partial charge on any atom is -0.281 e. The van der Waals surface area contributed by atoms with Crippen LogP contribution in [-0.4, -0.2) is 15.1 Å². The lowest BCUT2D eigenvalue weighted by Crippen LogP contribution is -1.97. The summed E-state index contributed by atoms with van der Waals surface area (Å²) in [6, 6.07) is 2.68. The highest BCUT2D eigenvalue weighted by Gasteiger charge is 2.06. The molecule has 0 radical (unpaired) electrons. The molecule has 5 nitrogen and oxygen atoms in total. The molecule has 0 unspecified atom stereocenters. The Kier molecular flexibility index (Phi) is 2.92. The fourth-order valence-electron chi connectivity index (χ4n) is 0.772. The molecule has 0 aliphatic heterocycles. The third-order valence-corrected chi connectivity index (χ3v) is 1.47. The summed E-state index contributed by atoms with van der Waals surface area (Å²) >= 11 is 5.10. The number of carbonyl (C=O) groups excluding carboxylic acids is 1. The van der Waals surface area contributed by atoms with Crippen LogP contribution in [0.4, 0.5) is 5.69 Å². The van der Waals surface area contributed by atoms with Gasteiger partial charge in [0.2, 0.25) is 5.24 Å². The number of hydrogen-bond donors (Lipinski definition) is 0. The van der Waals surface area contributed by atoms with Crippen LogP contribution in [0.3, 0.4) is 0 Å². The molecule has 0 N–H and O–H groups in total. The molecule has 13 heavy (non-hydrogen) atoms. The number of pyridine rings is 1. The van der Waals surface area contributed by atoms with E-state index in [2.05, 4.69) is 4.98 Å². The van der Waals surface area contributed by atoms with Crippen LogP contribution in [0.5, 0.6) is 0 Å². The van der Waals surface area contributed by atoms with Gasteiger partial charge in [-0.05, 0) is 17.7 Å². The minimum atomic E-state index is -0.556. The molecule has 0 spiro atoms. The van der Waals surface area contributed by atoms with Gasteiger partial charge in [-0.2, -0.15) is 0 Å². The van der Waals surface area contributed by atoms with E-state index in [0.717, 1.165) is 6.20 Å². The number of hydrogen-bond acceptors (Lipinski definition) is 4. The fourth-order valence-corrected chi connectivity index (χ4v) is 0.909. The molecule has 1 aromatic heterocycles. The Bertz CT molecular complexity index is 336. The van der Waals surface area contributed by atoms with Crippen LogP contribution >= 0.6 is 11.6 Å². The third-order valence-electron chi connectivity index (χ3n) is 1.34. The van der Waals surface area contributed by atoms with Gasteiger partial charge in [-0.1, -0.05) is 0 Å². The van der Waals surface area contributed by atoms with E-state index in [9.17, 15) is 14.9 Å². The normalized spacial score (nSPS) is 9.62. The summed E-state index contributed by atoms with van der Waals surface area (Å²) in [4.78, 5) is 23.8. The highest BCUT2D eigenvalue weighted by atomic mass is 35.5. The SMILES string of the molecule is O=C(Cl)Cc1ccc([N+](=O)[O-])cn1. The monoisotopic (exact) mass is 200 g/mol. The van der Waals surface area contributed by atoms with Gasteiger partial charge in [0.1, 0.15) is 6.20 Å². The topological polar surface area (TPSA) is 73.1 Å². The van der Waals surface area contributed by atoms with Crippen LogP contribution in [-0.2, 0) is 11.2 Å². The molecule has 1 rings (SSSR count). The average molecular weight is 201 g/mol. The van der Waals surface area contributed by atoms with E-state index in [1.807, 2.05) is 0 Å². The van der Waals surface area contributed by atoms with Gasteiger partial charge in [-0.25, -0.2) is 0 Å². The molecule has 0 bridgehead atoms. The van der Waals surface area contributed by atoms with Gasteiger partial charge in [0.05, 0.1) is 11.3 Å². The highest BCUT2D eigenvalue weighted by Crippen LogP contribution is 2.09. The largest absolute Gasteiger partial charge is 0.287 e. The van der Waals surface area contributed by atoms with E-state index in [4.69, 9.17) is 11.6 Å². The van der Waals surface area contributed by atoms with Crippen molar-refractivity contribution in [1.82, 2.24) is 4.98 Å². The maximum absolute atomic E-state index is 10.4. The minimum absolute atomic E-state index is 0.0143. The predicted molar refractivity (Wildman–Crippen MR) is 45.5 cm³/mol. The van der Waals surface area contributed by atoms with Gasteiger partial charge in [0.25, 0.3) is 5.69 Å². The zero-order chi connectivity index (χ0) is 9.84. The number of halogens is 1. The van der Waals surface area contributed by atoms with Crippen LogP contribution in [0.1, 0.15) is 5.69 Å². The Balaban J connectivity index is 2.81. The summed E-state index contributed by atoms with van der Waals surface area (Å²) in [5.74, 6) is 0. The molecule has 6 heteroatoms. The van der Waals surface area contributed by atoms with Gasteiger partial charge < -0.3 is 0 Å². The van der Waals surface area contributed by atoms with Gasteiger partial charge in [0.15, 0.2) is 0 Å².